The van der Waals surface area contributed by atoms with E-state index in [0.717, 1.165) is 0 Å². The summed E-state index contributed by atoms with van der Waals surface area (Å²) in [4.78, 5) is 13.2. The van der Waals surface area contributed by atoms with Gasteiger partial charge in [-0.15, -0.1) is 0 Å². The average molecular weight is 269 g/mol. The third-order valence-electron chi connectivity index (χ3n) is 2.76. The molecule has 0 heterocycles. The molecule has 0 fully saturated rings. The molecule has 0 spiro atoms. The molecule has 18 heavy (non-hydrogen) atoms. The van der Waals surface area contributed by atoms with Gasteiger partial charge in [0.25, 0.3) is 0 Å². The Morgan fingerprint density at radius 3 is 2.22 bits per heavy atom. The van der Waals surface area contributed by atoms with Gasteiger partial charge in [-0.2, -0.15) is 13.2 Å². The second-order valence-corrected chi connectivity index (χ2v) is 4.90. The summed E-state index contributed by atoms with van der Waals surface area (Å²) in [5.41, 5.74) is 4.16. The van der Waals surface area contributed by atoms with Crippen LogP contribution in [0.1, 0.15) is 26.2 Å². The molecule has 108 valence electrons. The number of nitrogens with two attached hydrogens (primary N) is 1. The molecule has 0 radical (unpaired) electrons. The highest BCUT2D eigenvalue weighted by molar-refractivity contribution is 5.84. The predicted molar refractivity (Wildman–Crippen MR) is 64.1 cm³/mol. The summed E-state index contributed by atoms with van der Waals surface area (Å²) in [6, 6.07) is 0. The zero-order chi connectivity index (χ0) is 14.4. The van der Waals surface area contributed by atoms with Crippen LogP contribution < -0.4 is 11.1 Å². The number of rotatable bonds is 8. The SMILES string of the molecule is CN(C)CCNC(C)(CCCC(F)(F)F)C(N)=O. The Morgan fingerprint density at radius 1 is 1.28 bits per heavy atom. The van der Waals surface area contributed by atoms with Gasteiger partial charge >= 0.3 is 6.18 Å². The predicted octanol–water partition coefficient (Wildman–Crippen LogP) is 1.11. The first kappa shape index (κ1) is 17.2. The lowest BCUT2D eigenvalue weighted by Crippen LogP contribution is -2.54. The number of nitrogens with one attached hydrogen (secondary N) is 1. The Labute approximate surface area is 106 Å². The van der Waals surface area contributed by atoms with Crippen molar-refractivity contribution in [1.29, 1.82) is 0 Å². The van der Waals surface area contributed by atoms with Gasteiger partial charge in [0.1, 0.15) is 0 Å². The molecule has 0 aliphatic carbocycles. The van der Waals surface area contributed by atoms with Crippen LogP contribution >= 0.6 is 0 Å². The van der Waals surface area contributed by atoms with Crippen LogP contribution in [0.4, 0.5) is 13.2 Å². The highest BCUT2D eigenvalue weighted by atomic mass is 19.4. The highest BCUT2D eigenvalue weighted by Gasteiger charge is 2.33. The zero-order valence-electron chi connectivity index (χ0n) is 11.1. The Kier molecular flexibility index (Phi) is 6.62. The lowest BCUT2D eigenvalue weighted by Gasteiger charge is -2.28. The van der Waals surface area contributed by atoms with Crippen molar-refractivity contribution >= 4 is 5.91 Å². The van der Waals surface area contributed by atoms with Crippen LogP contribution in [0.5, 0.6) is 0 Å². The second kappa shape index (κ2) is 6.94. The largest absolute Gasteiger partial charge is 0.389 e. The molecule has 1 amide bonds. The summed E-state index contributed by atoms with van der Waals surface area (Å²) in [6.45, 7) is 2.72. The van der Waals surface area contributed by atoms with Gasteiger partial charge in [0.05, 0.1) is 5.54 Å². The maximum atomic E-state index is 12.0. The number of primary amides is 1. The molecule has 0 aromatic carbocycles. The summed E-state index contributed by atoms with van der Waals surface area (Å²) in [5.74, 6) is -0.622. The molecule has 1 atom stereocenters. The highest BCUT2D eigenvalue weighted by Crippen LogP contribution is 2.24. The van der Waals surface area contributed by atoms with Gasteiger partial charge in [0.15, 0.2) is 0 Å². The van der Waals surface area contributed by atoms with Crippen LogP contribution in [0.3, 0.4) is 0 Å². The van der Waals surface area contributed by atoms with Gasteiger partial charge in [-0.1, -0.05) is 0 Å². The molecular weight excluding hydrogens is 247 g/mol. The van der Waals surface area contributed by atoms with E-state index in [-0.39, 0.29) is 12.8 Å². The van der Waals surface area contributed by atoms with Crippen molar-refractivity contribution in [2.24, 2.45) is 5.73 Å². The minimum atomic E-state index is -4.19. The lowest BCUT2D eigenvalue weighted by molar-refractivity contribution is -0.138. The van der Waals surface area contributed by atoms with E-state index in [4.69, 9.17) is 5.73 Å². The maximum absolute atomic E-state index is 12.0. The molecule has 0 bridgehead atoms. The number of carbonyl (C=O) groups excluding carboxylic acids is 1. The first-order chi connectivity index (χ1) is 8.07. The minimum Gasteiger partial charge on any atom is -0.368 e. The van der Waals surface area contributed by atoms with E-state index in [1.807, 2.05) is 19.0 Å². The summed E-state index contributed by atoms with van der Waals surface area (Å²) in [7, 11) is 3.74. The fraction of sp³-hybridized carbons (Fsp3) is 0.909. The Balaban J connectivity index is 4.22. The smallest absolute Gasteiger partial charge is 0.368 e. The van der Waals surface area contributed by atoms with Gasteiger partial charge in [-0.3, -0.25) is 4.79 Å². The molecule has 7 heteroatoms. The van der Waals surface area contributed by atoms with E-state index in [9.17, 15) is 18.0 Å². The van der Waals surface area contributed by atoms with Crippen molar-refractivity contribution < 1.29 is 18.0 Å². The molecule has 4 nitrogen and oxygen atoms in total. The number of alkyl halides is 3. The molecule has 0 aromatic rings. The van der Waals surface area contributed by atoms with Crippen LogP contribution in [0.2, 0.25) is 0 Å². The first-order valence-corrected chi connectivity index (χ1v) is 5.83. The summed E-state index contributed by atoms with van der Waals surface area (Å²) in [6.07, 6.45) is -5.12. The Morgan fingerprint density at radius 2 is 1.83 bits per heavy atom. The standard InChI is InChI=1S/C11H22F3N3O/c1-10(9(15)18,16-7-8-17(2)3)5-4-6-11(12,13)14/h16H,4-8H2,1-3H3,(H2,15,18). The number of carbonyl (C=O) groups is 1. The fourth-order valence-electron chi connectivity index (χ4n) is 1.50. The Hall–Kier alpha value is -0.820. The second-order valence-electron chi connectivity index (χ2n) is 4.90. The van der Waals surface area contributed by atoms with Crippen LogP contribution in [0.15, 0.2) is 0 Å². The van der Waals surface area contributed by atoms with E-state index in [2.05, 4.69) is 5.32 Å². The van der Waals surface area contributed by atoms with Crippen molar-refractivity contribution in [3.8, 4) is 0 Å². The molecule has 0 aliphatic rings. The molecule has 0 rings (SSSR count). The Bertz CT molecular complexity index is 269. The number of hydrogen-bond donors (Lipinski definition) is 2. The van der Waals surface area contributed by atoms with Crippen LogP contribution in [0, 0.1) is 0 Å². The first-order valence-electron chi connectivity index (χ1n) is 5.83. The van der Waals surface area contributed by atoms with E-state index < -0.39 is 24.0 Å². The molecule has 3 N–H and O–H groups in total. The number of halogens is 3. The molecule has 1 unspecified atom stereocenters. The van der Waals surface area contributed by atoms with E-state index in [1.54, 1.807) is 6.92 Å². The van der Waals surface area contributed by atoms with Gasteiger partial charge < -0.3 is 16.0 Å². The van der Waals surface area contributed by atoms with Gasteiger partial charge in [0, 0.05) is 19.5 Å². The van der Waals surface area contributed by atoms with Crippen molar-refractivity contribution in [3.05, 3.63) is 0 Å². The van der Waals surface area contributed by atoms with Crippen LogP contribution in [-0.2, 0) is 4.79 Å². The molecule has 0 aromatic heterocycles. The number of amides is 1. The normalized spacial score (nSPS) is 15.7. The quantitative estimate of drug-likeness (QED) is 0.694. The zero-order valence-corrected chi connectivity index (χ0v) is 11.1. The number of hydrogen-bond acceptors (Lipinski definition) is 3. The van der Waals surface area contributed by atoms with Gasteiger partial charge in [0.2, 0.25) is 5.91 Å². The average Bonchev–Trinajstić information content (AvgIpc) is 2.14. The van der Waals surface area contributed by atoms with Crippen molar-refractivity contribution in [2.75, 3.05) is 27.2 Å². The van der Waals surface area contributed by atoms with Gasteiger partial charge in [-0.05, 0) is 33.9 Å². The van der Waals surface area contributed by atoms with Crippen LogP contribution in [0.25, 0.3) is 0 Å². The molecule has 0 saturated heterocycles. The van der Waals surface area contributed by atoms with Crippen molar-refractivity contribution in [1.82, 2.24) is 10.2 Å². The summed E-state index contributed by atoms with van der Waals surface area (Å²) >= 11 is 0. The third kappa shape index (κ3) is 7.50. The van der Waals surface area contributed by atoms with E-state index in [0.29, 0.717) is 13.1 Å². The summed E-state index contributed by atoms with van der Waals surface area (Å²) in [5, 5.41) is 2.93. The number of nitrogens with zero attached hydrogens (tertiary/aromatic N) is 1. The van der Waals surface area contributed by atoms with E-state index in [1.165, 1.54) is 0 Å². The topological polar surface area (TPSA) is 58.4 Å². The number of likely N-dealkylation sites (N-methyl/N-ethyl adjacent to an activating group) is 1. The maximum Gasteiger partial charge on any atom is 0.389 e. The lowest BCUT2D eigenvalue weighted by atomic mass is 9.94. The van der Waals surface area contributed by atoms with Crippen LogP contribution in [-0.4, -0.2) is 49.7 Å². The summed E-state index contributed by atoms with van der Waals surface area (Å²) < 4.78 is 36.1. The van der Waals surface area contributed by atoms with Crippen molar-refractivity contribution in [3.63, 3.8) is 0 Å². The fourth-order valence-corrected chi connectivity index (χ4v) is 1.50. The molecular formula is C11H22F3N3O. The van der Waals surface area contributed by atoms with E-state index >= 15 is 0 Å². The minimum absolute atomic E-state index is 0.0786. The third-order valence-corrected chi connectivity index (χ3v) is 2.76. The van der Waals surface area contributed by atoms with Gasteiger partial charge in [-0.25, -0.2) is 0 Å². The monoisotopic (exact) mass is 269 g/mol. The van der Waals surface area contributed by atoms with Crippen molar-refractivity contribution in [2.45, 2.75) is 37.9 Å². The molecule has 0 saturated carbocycles. The molecule has 0 aliphatic heterocycles.